The summed E-state index contributed by atoms with van der Waals surface area (Å²) < 4.78 is 23.9. The predicted octanol–water partition coefficient (Wildman–Crippen LogP) is -2.27. The van der Waals surface area contributed by atoms with Gasteiger partial charge in [0.1, 0.15) is 54.4 Å². The van der Waals surface area contributed by atoms with Crippen LogP contribution in [0.2, 0.25) is 0 Å². The van der Waals surface area contributed by atoms with Gasteiger partial charge < -0.3 is 70.0 Å². The zero-order valence-corrected chi connectivity index (χ0v) is 26.7. The molecule has 2 saturated heterocycles. The number of ether oxygens (including phenoxy) is 4. The van der Waals surface area contributed by atoms with Gasteiger partial charge in [-0.05, 0) is 73.5 Å². The molecule has 46 heavy (non-hydrogen) atoms. The molecule has 0 radical (unpaired) electrons. The van der Waals surface area contributed by atoms with Gasteiger partial charge in [0, 0.05) is 5.41 Å². The van der Waals surface area contributed by atoms with Gasteiger partial charge in [0.25, 0.3) is 0 Å². The zero-order chi connectivity index (χ0) is 33.4. The van der Waals surface area contributed by atoms with Crippen LogP contribution in [0, 0.1) is 34.0 Å². The first kappa shape index (κ1) is 35.3. The van der Waals surface area contributed by atoms with Gasteiger partial charge in [-0.25, -0.2) is 0 Å². The Morgan fingerprint density at radius 2 is 1.30 bits per heavy atom. The second kappa shape index (κ2) is 12.6. The van der Waals surface area contributed by atoms with E-state index in [1.54, 1.807) is 0 Å². The molecule has 0 unspecified atom stereocenters. The first-order valence-electron chi connectivity index (χ1n) is 16.9. The van der Waals surface area contributed by atoms with Crippen molar-refractivity contribution in [1.29, 1.82) is 0 Å². The molecular weight excluding hydrogens is 608 g/mol. The van der Waals surface area contributed by atoms with E-state index in [1.165, 1.54) is 0 Å². The van der Waals surface area contributed by atoms with E-state index in [9.17, 15) is 51.1 Å². The summed E-state index contributed by atoms with van der Waals surface area (Å²) in [4.78, 5) is 0. The molecular formula is C32H54O14. The molecule has 14 heteroatoms. The SMILES string of the molecule is C[C@@]1(CO[C@@H]2O[C@H](CO)[C@@H](O)[C@H](O)[C@H]2O)CCC[C@]2(C)[C@@H]1CC[C@@]13C[C@@H](CC[C@@H]21)[C@@](O)(CO)[C@@H]3O[C@@H]1O[C@H](CO)[C@@H](O)[C@H](O)[C@H]1O. The molecule has 0 aromatic carbocycles. The summed E-state index contributed by atoms with van der Waals surface area (Å²) in [6.07, 6.45) is -9.07. The molecule has 2 aliphatic heterocycles. The summed E-state index contributed by atoms with van der Waals surface area (Å²) in [5.74, 6) is -0.0489. The third-order valence-corrected chi connectivity index (χ3v) is 13.4. The largest absolute Gasteiger partial charge is 0.394 e. The second-order valence-electron chi connectivity index (χ2n) is 15.7. The van der Waals surface area contributed by atoms with Crippen LogP contribution in [0.1, 0.15) is 65.2 Å². The molecule has 6 rings (SSSR count). The van der Waals surface area contributed by atoms with Crippen LogP contribution in [0.5, 0.6) is 0 Å². The first-order valence-corrected chi connectivity index (χ1v) is 16.9. The van der Waals surface area contributed by atoms with Crippen molar-refractivity contribution < 1.29 is 70.0 Å². The third-order valence-electron chi connectivity index (χ3n) is 13.4. The van der Waals surface area contributed by atoms with E-state index >= 15 is 0 Å². The van der Waals surface area contributed by atoms with Crippen molar-refractivity contribution in [3.05, 3.63) is 0 Å². The minimum Gasteiger partial charge on any atom is -0.394 e. The van der Waals surface area contributed by atoms with E-state index < -0.39 is 98.4 Å². The Bertz CT molecular complexity index is 1080. The van der Waals surface area contributed by atoms with Crippen LogP contribution < -0.4 is 0 Å². The van der Waals surface area contributed by atoms with Gasteiger partial charge in [0.2, 0.25) is 0 Å². The van der Waals surface area contributed by atoms with Gasteiger partial charge in [0.05, 0.1) is 32.5 Å². The fraction of sp³-hybridized carbons (Fsp3) is 1.00. The average Bonchev–Trinajstić information content (AvgIpc) is 3.20. The number of hydrogen-bond donors (Lipinski definition) is 10. The maximum absolute atomic E-state index is 12.1. The molecule has 6 fully saturated rings. The molecule has 4 saturated carbocycles. The zero-order valence-electron chi connectivity index (χ0n) is 26.7. The summed E-state index contributed by atoms with van der Waals surface area (Å²) in [6, 6.07) is 0. The van der Waals surface area contributed by atoms with Crippen molar-refractivity contribution >= 4 is 0 Å². The number of aliphatic hydroxyl groups is 10. The van der Waals surface area contributed by atoms with Crippen LogP contribution in [0.3, 0.4) is 0 Å². The summed E-state index contributed by atoms with van der Waals surface area (Å²) >= 11 is 0. The molecule has 266 valence electrons. The molecule has 10 N–H and O–H groups in total. The highest BCUT2D eigenvalue weighted by Crippen LogP contribution is 2.73. The van der Waals surface area contributed by atoms with Crippen molar-refractivity contribution in [3.8, 4) is 0 Å². The van der Waals surface area contributed by atoms with Crippen molar-refractivity contribution in [2.24, 2.45) is 34.0 Å². The van der Waals surface area contributed by atoms with Crippen molar-refractivity contribution in [2.75, 3.05) is 26.4 Å². The highest BCUT2D eigenvalue weighted by Gasteiger charge is 2.73. The fourth-order valence-corrected chi connectivity index (χ4v) is 11.1. The maximum Gasteiger partial charge on any atom is 0.187 e. The molecule has 2 heterocycles. The smallest absolute Gasteiger partial charge is 0.187 e. The molecule has 1 spiro atoms. The number of aliphatic hydroxyl groups excluding tert-OH is 9. The molecule has 2 bridgehead atoms. The van der Waals surface area contributed by atoms with Crippen LogP contribution in [-0.4, -0.2) is 151 Å². The van der Waals surface area contributed by atoms with Gasteiger partial charge in [-0.2, -0.15) is 0 Å². The number of fused-ring (bicyclic) bond motifs is 3. The van der Waals surface area contributed by atoms with Crippen LogP contribution in [-0.2, 0) is 18.9 Å². The second-order valence-corrected chi connectivity index (χ2v) is 15.7. The quantitative estimate of drug-likeness (QED) is 0.132. The summed E-state index contributed by atoms with van der Waals surface area (Å²) in [6.45, 7) is 2.93. The predicted molar refractivity (Wildman–Crippen MR) is 156 cm³/mol. The number of rotatable bonds is 8. The Hall–Kier alpha value is -0.560. The van der Waals surface area contributed by atoms with Crippen LogP contribution in [0.15, 0.2) is 0 Å². The van der Waals surface area contributed by atoms with E-state index in [2.05, 4.69) is 13.8 Å². The van der Waals surface area contributed by atoms with Gasteiger partial charge >= 0.3 is 0 Å². The van der Waals surface area contributed by atoms with Gasteiger partial charge in [-0.1, -0.05) is 20.3 Å². The summed E-state index contributed by atoms with van der Waals surface area (Å²) in [5.41, 5.74) is -2.81. The molecule has 14 nitrogen and oxygen atoms in total. The lowest BCUT2D eigenvalue weighted by atomic mass is 9.40. The minimum absolute atomic E-state index is 0.0531. The fourth-order valence-electron chi connectivity index (χ4n) is 11.1. The summed E-state index contributed by atoms with van der Waals surface area (Å²) in [7, 11) is 0. The lowest BCUT2D eigenvalue weighted by molar-refractivity contribution is -0.339. The van der Waals surface area contributed by atoms with E-state index in [0.717, 1.165) is 32.1 Å². The van der Waals surface area contributed by atoms with Gasteiger partial charge in [-0.15, -0.1) is 0 Å². The molecule has 0 aromatic heterocycles. The Kier molecular flexibility index (Phi) is 9.70. The Morgan fingerprint density at radius 3 is 1.91 bits per heavy atom. The molecule has 0 aromatic rings. The van der Waals surface area contributed by atoms with Gasteiger partial charge in [-0.3, -0.25) is 0 Å². The lowest BCUT2D eigenvalue weighted by Crippen LogP contribution is -2.65. The van der Waals surface area contributed by atoms with Crippen molar-refractivity contribution in [3.63, 3.8) is 0 Å². The van der Waals surface area contributed by atoms with Crippen LogP contribution in [0.25, 0.3) is 0 Å². The minimum atomic E-state index is -1.64. The molecule has 6 aliphatic rings. The van der Waals surface area contributed by atoms with Crippen molar-refractivity contribution in [1.82, 2.24) is 0 Å². The first-order chi connectivity index (χ1) is 21.7. The Labute approximate surface area is 268 Å². The third kappa shape index (κ3) is 5.22. The summed E-state index contributed by atoms with van der Waals surface area (Å²) in [5, 5.41) is 105. The Balaban J connectivity index is 1.26. The highest BCUT2D eigenvalue weighted by atomic mass is 16.7. The van der Waals surface area contributed by atoms with E-state index in [4.69, 9.17) is 18.9 Å². The lowest BCUT2D eigenvalue weighted by Gasteiger charge is -2.65. The highest BCUT2D eigenvalue weighted by molar-refractivity contribution is 5.21. The monoisotopic (exact) mass is 662 g/mol. The van der Waals surface area contributed by atoms with Crippen molar-refractivity contribution in [2.45, 2.75) is 138 Å². The normalized spacial score (nSPS) is 57.1. The average molecular weight is 663 g/mol. The van der Waals surface area contributed by atoms with Gasteiger partial charge in [0.15, 0.2) is 12.6 Å². The standard InChI is InChI=1S/C32H54O14/c1-29(14-43-26-24(40)22(38)20(36)16(11-33)44-26)7-3-8-30(2)18(29)6-9-31-10-15(4-5-19(30)31)32(42,13-35)28(31)46-27-25(41)23(39)21(37)17(12-34)45-27/h15-28,33-42H,3-14H2,1-2H3/t15-,16-,17-,18-,19+,20-,21-,22+,23+,24-,25-,26-,27+,28-,29+,30-,31-,32+/m1/s1. The number of hydrogen-bond acceptors (Lipinski definition) is 14. The van der Waals surface area contributed by atoms with E-state index in [1.807, 2.05) is 0 Å². The van der Waals surface area contributed by atoms with E-state index in [0.29, 0.717) is 19.3 Å². The topological polar surface area (TPSA) is 239 Å². The Morgan fingerprint density at radius 1 is 0.696 bits per heavy atom. The molecule has 18 atom stereocenters. The molecule has 0 amide bonds. The van der Waals surface area contributed by atoms with Crippen LogP contribution >= 0.6 is 0 Å². The van der Waals surface area contributed by atoms with E-state index in [-0.39, 0.29) is 35.2 Å². The maximum atomic E-state index is 12.1. The van der Waals surface area contributed by atoms with Crippen LogP contribution in [0.4, 0.5) is 0 Å². The molecule has 4 aliphatic carbocycles.